The van der Waals surface area contributed by atoms with Gasteiger partial charge in [0.1, 0.15) is 11.4 Å². The SMILES string of the molecule is CC1(NC(=O)c2cc(F)ccc2[N+](=O)[O-])CCS(=O)(=O)C1. The van der Waals surface area contributed by atoms with Crippen molar-refractivity contribution in [3.8, 4) is 0 Å². The average Bonchev–Trinajstić information content (AvgIpc) is 2.62. The highest BCUT2D eigenvalue weighted by atomic mass is 32.2. The Hall–Kier alpha value is -2.03. The standard InChI is InChI=1S/C12H13FN2O5S/c1-12(4-5-21(19,20)7-12)14-11(16)9-6-8(13)2-3-10(9)15(17)18/h2-3,6H,4-5,7H2,1H3,(H,14,16). The highest BCUT2D eigenvalue weighted by Crippen LogP contribution is 2.25. The topological polar surface area (TPSA) is 106 Å². The fourth-order valence-electron chi connectivity index (χ4n) is 2.30. The van der Waals surface area contributed by atoms with Gasteiger partial charge < -0.3 is 5.32 Å². The van der Waals surface area contributed by atoms with Crippen LogP contribution in [-0.2, 0) is 9.84 Å². The van der Waals surface area contributed by atoms with Crippen LogP contribution in [-0.4, -0.2) is 36.3 Å². The predicted molar refractivity (Wildman–Crippen MR) is 72.2 cm³/mol. The summed E-state index contributed by atoms with van der Waals surface area (Å²) >= 11 is 0. The van der Waals surface area contributed by atoms with Gasteiger partial charge in [-0.3, -0.25) is 14.9 Å². The second-order valence-corrected chi connectivity index (χ2v) is 7.46. The van der Waals surface area contributed by atoms with E-state index >= 15 is 0 Å². The largest absolute Gasteiger partial charge is 0.346 e. The van der Waals surface area contributed by atoms with Gasteiger partial charge in [-0.15, -0.1) is 0 Å². The molecule has 1 aliphatic rings. The third kappa shape index (κ3) is 3.35. The van der Waals surface area contributed by atoms with E-state index < -0.39 is 43.3 Å². The first-order valence-electron chi connectivity index (χ1n) is 6.09. The molecule has 1 unspecified atom stereocenters. The van der Waals surface area contributed by atoms with E-state index in [1.165, 1.54) is 0 Å². The molecule has 0 saturated carbocycles. The van der Waals surface area contributed by atoms with Gasteiger partial charge in [0.25, 0.3) is 11.6 Å². The number of hydrogen-bond donors (Lipinski definition) is 1. The Morgan fingerprint density at radius 3 is 2.67 bits per heavy atom. The van der Waals surface area contributed by atoms with Crippen molar-refractivity contribution >= 4 is 21.4 Å². The number of nitrogens with one attached hydrogen (secondary N) is 1. The number of hydrogen-bond acceptors (Lipinski definition) is 5. The molecule has 1 aliphatic heterocycles. The quantitative estimate of drug-likeness (QED) is 0.662. The van der Waals surface area contributed by atoms with Gasteiger partial charge in [-0.25, -0.2) is 12.8 Å². The van der Waals surface area contributed by atoms with Crippen LogP contribution in [0.5, 0.6) is 0 Å². The lowest BCUT2D eigenvalue weighted by atomic mass is 10.0. The normalized spacial score (nSPS) is 23.7. The molecule has 1 saturated heterocycles. The molecule has 0 spiro atoms. The second-order valence-electron chi connectivity index (χ2n) is 5.28. The molecular formula is C12H13FN2O5S. The van der Waals surface area contributed by atoms with Gasteiger partial charge in [0.2, 0.25) is 0 Å². The molecule has 1 fully saturated rings. The number of benzene rings is 1. The summed E-state index contributed by atoms with van der Waals surface area (Å²) in [5.41, 5.74) is -1.96. The van der Waals surface area contributed by atoms with E-state index in [1.807, 2.05) is 0 Å². The summed E-state index contributed by atoms with van der Waals surface area (Å²) < 4.78 is 36.2. The van der Waals surface area contributed by atoms with E-state index in [2.05, 4.69) is 5.32 Å². The molecule has 1 aromatic rings. The maximum atomic E-state index is 13.2. The van der Waals surface area contributed by atoms with E-state index in [0.717, 1.165) is 18.2 Å². The Bertz CT molecular complexity index is 718. The van der Waals surface area contributed by atoms with Gasteiger partial charge in [0.15, 0.2) is 9.84 Å². The van der Waals surface area contributed by atoms with Crippen molar-refractivity contribution in [1.82, 2.24) is 5.32 Å². The molecule has 7 nitrogen and oxygen atoms in total. The summed E-state index contributed by atoms with van der Waals surface area (Å²) in [5, 5.41) is 13.3. The monoisotopic (exact) mass is 316 g/mol. The molecule has 0 aromatic heterocycles. The summed E-state index contributed by atoms with van der Waals surface area (Å²) in [5.74, 6) is -1.94. The number of carbonyl (C=O) groups is 1. The van der Waals surface area contributed by atoms with Gasteiger partial charge >= 0.3 is 0 Å². The molecule has 1 heterocycles. The van der Waals surface area contributed by atoms with Gasteiger partial charge in [-0.05, 0) is 25.5 Å². The number of nitrogens with zero attached hydrogens (tertiary/aromatic N) is 1. The summed E-state index contributed by atoms with van der Waals surface area (Å²) in [6.45, 7) is 1.54. The molecule has 114 valence electrons. The van der Waals surface area contributed by atoms with Gasteiger partial charge in [-0.1, -0.05) is 0 Å². The maximum Gasteiger partial charge on any atom is 0.282 e. The number of nitro groups is 1. The van der Waals surface area contributed by atoms with Crippen molar-refractivity contribution in [2.45, 2.75) is 18.9 Å². The van der Waals surface area contributed by atoms with Gasteiger partial charge in [0, 0.05) is 6.07 Å². The van der Waals surface area contributed by atoms with Crippen LogP contribution in [0.25, 0.3) is 0 Å². The summed E-state index contributed by atoms with van der Waals surface area (Å²) in [6.07, 6.45) is 0.212. The van der Waals surface area contributed by atoms with E-state index in [1.54, 1.807) is 6.92 Å². The smallest absolute Gasteiger partial charge is 0.282 e. The molecule has 0 radical (unpaired) electrons. The predicted octanol–water partition coefficient (Wildman–Crippen LogP) is 1.04. The van der Waals surface area contributed by atoms with Crippen LogP contribution in [0.2, 0.25) is 0 Å². The van der Waals surface area contributed by atoms with Crippen LogP contribution in [0.3, 0.4) is 0 Å². The Morgan fingerprint density at radius 1 is 1.48 bits per heavy atom. The first-order valence-corrected chi connectivity index (χ1v) is 7.91. The van der Waals surface area contributed by atoms with E-state index in [0.29, 0.717) is 0 Å². The van der Waals surface area contributed by atoms with Crippen molar-refractivity contribution in [3.05, 3.63) is 39.7 Å². The third-order valence-corrected chi connectivity index (χ3v) is 5.22. The lowest BCUT2D eigenvalue weighted by molar-refractivity contribution is -0.385. The molecule has 21 heavy (non-hydrogen) atoms. The minimum Gasteiger partial charge on any atom is -0.346 e. The molecule has 2 rings (SSSR count). The third-order valence-electron chi connectivity index (χ3n) is 3.32. The second kappa shape index (κ2) is 5.06. The number of rotatable bonds is 3. The lowest BCUT2D eigenvalue weighted by Gasteiger charge is -2.23. The summed E-state index contributed by atoms with van der Waals surface area (Å²) in [7, 11) is -3.24. The zero-order valence-corrected chi connectivity index (χ0v) is 11.9. The van der Waals surface area contributed by atoms with Crippen molar-refractivity contribution in [1.29, 1.82) is 0 Å². The van der Waals surface area contributed by atoms with Gasteiger partial charge in [-0.2, -0.15) is 0 Å². The zero-order valence-electron chi connectivity index (χ0n) is 11.1. The Kier molecular flexibility index (Phi) is 3.70. The van der Waals surface area contributed by atoms with E-state index in [4.69, 9.17) is 0 Å². The van der Waals surface area contributed by atoms with Crippen LogP contribution in [0.1, 0.15) is 23.7 Å². The van der Waals surface area contributed by atoms with Crippen LogP contribution >= 0.6 is 0 Å². The molecule has 1 aromatic carbocycles. The minimum atomic E-state index is -3.24. The number of nitro benzene ring substituents is 1. The molecule has 1 N–H and O–H groups in total. The van der Waals surface area contributed by atoms with Crippen LogP contribution < -0.4 is 5.32 Å². The first-order chi connectivity index (χ1) is 9.62. The minimum absolute atomic E-state index is 0.0605. The van der Waals surface area contributed by atoms with E-state index in [9.17, 15) is 27.7 Å². The molecule has 0 bridgehead atoms. The number of carbonyl (C=O) groups excluding carboxylic acids is 1. The highest BCUT2D eigenvalue weighted by molar-refractivity contribution is 7.91. The maximum absolute atomic E-state index is 13.2. The highest BCUT2D eigenvalue weighted by Gasteiger charge is 2.40. The van der Waals surface area contributed by atoms with Gasteiger partial charge in [0.05, 0.1) is 22.0 Å². The molecule has 9 heteroatoms. The average molecular weight is 316 g/mol. The van der Waals surface area contributed by atoms with Crippen LogP contribution in [0.4, 0.5) is 10.1 Å². The molecular weight excluding hydrogens is 303 g/mol. The number of sulfone groups is 1. The Balaban J connectivity index is 2.29. The summed E-state index contributed by atoms with van der Waals surface area (Å²) in [4.78, 5) is 22.2. The van der Waals surface area contributed by atoms with Crippen molar-refractivity contribution < 1.29 is 22.5 Å². The molecule has 0 aliphatic carbocycles. The number of amides is 1. The number of halogens is 1. The van der Waals surface area contributed by atoms with Crippen LogP contribution in [0.15, 0.2) is 18.2 Å². The van der Waals surface area contributed by atoms with Crippen molar-refractivity contribution in [2.75, 3.05) is 11.5 Å². The van der Waals surface area contributed by atoms with Crippen LogP contribution in [0, 0.1) is 15.9 Å². The Morgan fingerprint density at radius 2 is 2.14 bits per heavy atom. The Labute approximate surface area is 120 Å². The van der Waals surface area contributed by atoms with Crippen molar-refractivity contribution in [3.63, 3.8) is 0 Å². The fraction of sp³-hybridized carbons (Fsp3) is 0.417. The summed E-state index contributed by atoms with van der Waals surface area (Å²) in [6, 6.07) is 2.55. The molecule has 1 amide bonds. The lowest BCUT2D eigenvalue weighted by Crippen LogP contribution is -2.47. The van der Waals surface area contributed by atoms with Crippen molar-refractivity contribution in [2.24, 2.45) is 0 Å². The van der Waals surface area contributed by atoms with E-state index in [-0.39, 0.29) is 17.9 Å². The first kappa shape index (κ1) is 15.4. The molecule has 1 atom stereocenters. The zero-order chi connectivity index (χ0) is 15.8. The fourth-order valence-corrected chi connectivity index (χ4v) is 4.39.